The zero-order valence-corrected chi connectivity index (χ0v) is 15.5. The Hall–Kier alpha value is -2.35. The summed E-state index contributed by atoms with van der Waals surface area (Å²) in [7, 11) is 3.56. The molecule has 1 heterocycles. The van der Waals surface area contributed by atoms with E-state index in [0.29, 0.717) is 17.8 Å². The van der Waals surface area contributed by atoms with Crippen molar-refractivity contribution in [2.45, 2.75) is 39.5 Å². The van der Waals surface area contributed by atoms with Gasteiger partial charge in [-0.1, -0.05) is 12.1 Å². The molecule has 0 saturated carbocycles. The normalized spacial score (nSPS) is 13.1. The molecule has 1 atom stereocenters. The molecule has 0 aliphatic heterocycles. The van der Waals surface area contributed by atoms with E-state index >= 15 is 0 Å². The minimum Gasteiger partial charge on any atom is -0.322 e. The van der Waals surface area contributed by atoms with Gasteiger partial charge in [-0.05, 0) is 45.5 Å². The second-order valence-electron chi connectivity index (χ2n) is 6.44. The number of benzene rings is 1. The van der Waals surface area contributed by atoms with Gasteiger partial charge in [0.05, 0.1) is 28.7 Å². The molecule has 2 aromatic rings. The molecule has 0 saturated heterocycles. The maximum atomic E-state index is 12.6. The second kappa shape index (κ2) is 7.49. The Morgan fingerprint density at radius 1 is 1.27 bits per heavy atom. The molecule has 1 aromatic carbocycles. The molecule has 0 bridgehead atoms. The molecule has 8 heteroatoms. The second-order valence-corrected chi connectivity index (χ2v) is 6.44. The minimum absolute atomic E-state index is 0.196. The molecular weight excluding hydrogens is 345 g/mol. The lowest BCUT2D eigenvalue weighted by Crippen LogP contribution is -2.39. The monoisotopic (exact) mass is 368 g/mol. The number of nitrogens with zero attached hydrogens (tertiary/aromatic N) is 3. The summed E-state index contributed by atoms with van der Waals surface area (Å²) in [5.41, 5.74) is 2.29. The van der Waals surface area contributed by atoms with Crippen molar-refractivity contribution in [1.29, 1.82) is 0 Å². The summed E-state index contributed by atoms with van der Waals surface area (Å²) in [6.07, 6.45) is -4.35. The van der Waals surface area contributed by atoms with Crippen molar-refractivity contribution in [3.63, 3.8) is 0 Å². The Morgan fingerprint density at radius 3 is 2.31 bits per heavy atom. The first-order valence-electron chi connectivity index (χ1n) is 8.18. The fourth-order valence-electron chi connectivity index (χ4n) is 2.61. The van der Waals surface area contributed by atoms with Crippen LogP contribution < -0.4 is 5.32 Å². The number of aryl methyl sites for hydroxylation is 2. The van der Waals surface area contributed by atoms with E-state index in [2.05, 4.69) is 10.4 Å². The highest BCUT2D eigenvalue weighted by atomic mass is 19.4. The van der Waals surface area contributed by atoms with Crippen molar-refractivity contribution in [1.82, 2.24) is 14.7 Å². The van der Waals surface area contributed by atoms with E-state index in [1.54, 1.807) is 30.6 Å². The molecule has 2 rings (SSSR count). The summed E-state index contributed by atoms with van der Waals surface area (Å²) < 4.78 is 39.6. The number of rotatable bonds is 5. The van der Waals surface area contributed by atoms with Gasteiger partial charge in [0.2, 0.25) is 5.91 Å². The van der Waals surface area contributed by atoms with E-state index in [-0.39, 0.29) is 5.91 Å². The average molecular weight is 368 g/mol. The minimum atomic E-state index is -4.35. The van der Waals surface area contributed by atoms with Crippen LogP contribution >= 0.6 is 0 Å². The maximum Gasteiger partial charge on any atom is 0.416 e. The first-order chi connectivity index (χ1) is 12.0. The van der Waals surface area contributed by atoms with Crippen molar-refractivity contribution in [3.8, 4) is 0 Å². The topological polar surface area (TPSA) is 50.2 Å². The van der Waals surface area contributed by atoms with Crippen LogP contribution in [0, 0.1) is 13.8 Å². The van der Waals surface area contributed by atoms with Gasteiger partial charge in [0.15, 0.2) is 0 Å². The predicted molar refractivity (Wildman–Crippen MR) is 93.7 cm³/mol. The molecule has 1 amide bonds. The number of hydrogen-bond acceptors (Lipinski definition) is 3. The number of amides is 1. The summed E-state index contributed by atoms with van der Waals surface area (Å²) >= 11 is 0. The fraction of sp³-hybridized carbons (Fsp3) is 0.444. The highest BCUT2D eigenvalue weighted by Crippen LogP contribution is 2.29. The van der Waals surface area contributed by atoms with E-state index in [4.69, 9.17) is 0 Å². The molecule has 0 spiro atoms. The summed E-state index contributed by atoms with van der Waals surface area (Å²) in [4.78, 5) is 14.3. The number of alkyl halides is 3. The lowest BCUT2D eigenvalue weighted by molar-refractivity contribution is -0.137. The van der Waals surface area contributed by atoms with Crippen LogP contribution in [-0.2, 0) is 24.6 Å². The number of halogens is 3. The largest absolute Gasteiger partial charge is 0.416 e. The van der Waals surface area contributed by atoms with Crippen LogP contribution in [0.25, 0.3) is 0 Å². The van der Waals surface area contributed by atoms with Gasteiger partial charge in [-0.15, -0.1) is 0 Å². The first kappa shape index (κ1) is 20.0. The van der Waals surface area contributed by atoms with Crippen LogP contribution in [0.2, 0.25) is 0 Å². The standard InChI is InChI=1S/C18H23F3N4O/c1-11-16(12(2)25(5)23-11)22-17(26)13(3)24(4)10-14-6-8-15(9-7-14)18(19,20)21/h6-9,13H,10H2,1-5H3,(H,22,26). The van der Waals surface area contributed by atoms with Crippen molar-refractivity contribution >= 4 is 11.6 Å². The number of hydrogen-bond donors (Lipinski definition) is 1. The lowest BCUT2D eigenvalue weighted by Gasteiger charge is -2.24. The Morgan fingerprint density at radius 2 is 1.85 bits per heavy atom. The molecule has 5 nitrogen and oxygen atoms in total. The molecule has 0 aliphatic carbocycles. The molecule has 1 N–H and O–H groups in total. The van der Waals surface area contributed by atoms with Crippen LogP contribution in [0.15, 0.2) is 24.3 Å². The summed E-state index contributed by atoms with van der Waals surface area (Å²) in [5, 5.41) is 7.14. The quantitative estimate of drug-likeness (QED) is 0.879. The van der Waals surface area contributed by atoms with E-state index < -0.39 is 17.8 Å². The molecule has 0 aliphatic rings. The van der Waals surface area contributed by atoms with Gasteiger partial charge < -0.3 is 5.32 Å². The van der Waals surface area contributed by atoms with Crippen molar-refractivity contribution in [2.24, 2.45) is 7.05 Å². The summed E-state index contributed by atoms with van der Waals surface area (Å²) in [6, 6.07) is 4.50. The van der Waals surface area contributed by atoms with Gasteiger partial charge in [-0.3, -0.25) is 14.4 Å². The smallest absolute Gasteiger partial charge is 0.322 e. The predicted octanol–water partition coefficient (Wildman–Crippen LogP) is 3.51. The van der Waals surface area contributed by atoms with Crippen LogP contribution in [0.5, 0.6) is 0 Å². The number of carbonyl (C=O) groups is 1. The highest BCUT2D eigenvalue weighted by Gasteiger charge is 2.30. The molecule has 1 aromatic heterocycles. The Balaban J connectivity index is 2.02. The number of anilines is 1. The molecule has 26 heavy (non-hydrogen) atoms. The number of nitrogens with one attached hydrogen (secondary N) is 1. The van der Waals surface area contributed by atoms with Crippen molar-refractivity contribution in [2.75, 3.05) is 12.4 Å². The summed E-state index contributed by atoms with van der Waals surface area (Å²) in [5.74, 6) is -0.196. The van der Waals surface area contributed by atoms with Gasteiger partial charge in [-0.2, -0.15) is 18.3 Å². The number of carbonyl (C=O) groups excluding carboxylic acids is 1. The third-order valence-corrected chi connectivity index (χ3v) is 4.51. The van der Waals surface area contributed by atoms with Gasteiger partial charge in [0, 0.05) is 13.6 Å². The van der Waals surface area contributed by atoms with Crippen LogP contribution in [0.3, 0.4) is 0 Å². The van der Waals surface area contributed by atoms with E-state index in [0.717, 1.165) is 23.5 Å². The molecule has 0 radical (unpaired) electrons. The van der Waals surface area contributed by atoms with Crippen molar-refractivity contribution in [3.05, 3.63) is 46.8 Å². The molecule has 142 valence electrons. The Bertz CT molecular complexity index is 781. The van der Waals surface area contributed by atoms with E-state index in [9.17, 15) is 18.0 Å². The van der Waals surface area contributed by atoms with Crippen LogP contribution in [-0.4, -0.2) is 33.7 Å². The Kier molecular flexibility index (Phi) is 5.75. The zero-order chi connectivity index (χ0) is 19.6. The average Bonchev–Trinajstić information content (AvgIpc) is 2.80. The van der Waals surface area contributed by atoms with Crippen LogP contribution in [0.4, 0.5) is 18.9 Å². The van der Waals surface area contributed by atoms with Gasteiger partial charge >= 0.3 is 6.18 Å². The van der Waals surface area contributed by atoms with E-state index in [1.165, 1.54) is 12.1 Å². The zero-order valence-electron chi connectivity index (χ0n) is 15.5. The molecule has 0 fully saturated rings. The van der Waals surface area contributed by atoms with Gasteiger partial charge in [-0.25, -0.2) is 0 Å². The lowest BCUT2D eigenvalue weighted by atomic mass is 10.1. The SMILES string of the molecule is Cc1nn(C)c(C)c1NC(=O)C(C)N(C)Cc1ccc(C(F)(F)F)cc1. The number of likely N-dealkylation sites (N-methyl/N-ethyl adjacent to an activating group) is 1. The van der Waals surface area contributed by atoms with Gasteiger partial charge in [0.25, 0.3) is 0 Å². The van der Waals surface area contributed by atoms with Crippen molar-refractivity contribution < 1.29 is 18.0 Å². The van der Waals surface area contributed by atoms with E-state index in [1.807, 2.05) is 13.8 Å². The summed E-state index contributed by atoms with van der Waals surface area (Å²) in [6.45, 7) is 5.80. The molecule has 1 unspecified atom stereocenters. The third kappa shape index (κ3) is 4.43. The fourth-order valence-corrected chi connectivity index (χ4v) is 2.61. The van der Waals surface area contributed by atoms with Gasteiger partial charge in [0.1, 0.15) is 0 Å². The highest BCUT2D eigenvalue weighted by molar-refractivity contribution is 5.95. The number of aromatic nitrogens is 2. The Labute approximate surface area is 150 Å². The molecular formula is C18H23F3N4O. The van der Waals surface area contributed by atoms with Crippen LogP contribution in [0.1, 0.15) is 29.4 Å². The first-order valence-corrected chi connectivity index (χ1v) is 8.18. The third-order valence-electron chi connectivity index (χ3n) is 4.51. The maximum absolute atomic E-state index is 12.6.